The van der Waals surface area contributed by atoms with Gasteiger partial charge in [0.2, 0.25) is 0 Å². The summed E-state index contributed by atoms with van der Waals surface area (Å²) < 4.78 is 20.3. The Balaban J connectivity index is 1.73. The van der Waals surface area contributed by atoms with Crippen LogP contribution in [-0.2, 0) is 10.3 Å². The molecule has 2 aliphatic rings. The third-order valence-corrected chi connectivity index (χ3v) is 8.51. The number of methoxy groups -OCH3 is 1. The van der Waals surface area contributed by atoms with E-state index >= 15 is 4.39 Å². The van der Waals surface area contributed by atoms with Gasteiger partial charge in [-0.25, -0.2) is 9.18 Å². The molecule has 8 heteroatoms. The van der Waals surface area contributed by atoms with Crippen LogP contribution in [0.15, 0.2) is 18.2 Å². The maximum absolute atomic E-state index is 15.1. The largest absolute Gasteiger partial charge is 0.385 e. The summed E-state index contributed by atoms with van der Waals surface area (Å²) in [5, 5.41) is 15.2. The quantitative estimate of drug-likeness (QED) is 0.328. The predicted octanol–water partition coefficient (Wildman–Crippen LogP) is 5.59. The van der Waals surface area contributed by atoms with Gasteiger partial charge in [0.25, 0.3) is 0 Å². The summed E-state index contributed by atoms with van der Waals surface area (Å²) in [6.07, 6.45) is 10.3. The predicted molar refractivity (Wildman–Crippen MR) is 142 cm³/mol. The monoisotopic (exact) mass is 525 g/mol. The lowest BCUT2D eigenvalue weighted by atomic mass is 9.74. The molecule has 1 aromatic carbocycles. The van der Waals surface area contributed by atoms with Gasteiger partial charge < -0.3 is 25.8 Å². The van der Waals surface area contributed by atoms with Gasteiger partial charge >= 0.3 is 6.03 Å². The molecule has 1 saturated carbocycles. The minimum Gasteiger partial charge on any atom is -0.385 e. The fraction of sp³-hybridized carbons (Fsp3) is 0.750. The summed E-state index contributed by atoms with van der Waals surface area (Å²) in [6.45, 7) is 3.49. The number of carbonyl (C=O) groups excluding carboxylic acids is 1. The molecule has 2 fully saturated rings. The Kier molecular flexibility index (Phi) is 11.3. The molecular weight excluding hydrogens is 481 g/mol. The molecular formula is C28H45ClFN3O3. The maximum atomic E-state index is 15.1. The van der Waals surface area contributed by atoms with Crippen LogP contribution in [0.4, 0.5) is 9.18 Å². The number of nitrogens with one attached hydrogen (secondary N) is 1. The number of ether oxygens (including phenoxy) is 1. The number of hydrogen-bond acceptors (Lipinski definition) is 4. The second-order valence-corrected chi connectivity index (χ2v) is 11.3. The lowest BCUT2D eigenvalue weighted by Gasteiger charge is -2.43. The van der Waals surface area contributed by atoms with Crippen molar-refractivity contribution in [2.24, 2.45) is 17.6 Å². The van der Waals surface area contributed by atoms with Gasteiger partial charge in [0.15, 0.2) is 0 Å². The van der Waals surface area contributed by atoms with Crippen molar-refractivity contribution in [1.82, 2.24) is 10.2 Å². The molecule has 0 aromatic heterocycles. The fourth-order valence-corrected chi connectivity index (χ4v) is 6.20. The highest BCUT2D eigenvalue weighted by Gasteiger charge is 2.43. The fourth-order valence-electron chi connectivity index (χ4n) is 6.03. The Labute approximate surface area is 221 Å². The first-order valence-corrected chi connectivity index (χ1v) is 14.1. The SMILES string of the molecule is COCCCC[C@@](O)(c1cccc(Cl)c1F)C1CCCN(C(=O)N[C@@H](CC2CCCCC2)[C@@H](C)N)C1. The van der Waals surface area contributed by atoms with Gasteiger partial charge in [-0.2, -0.15) is 0 Å². The van der Waals surface area contributed by atoms with Crippen molar-refractivity contribution < 1.29 is 19.0 Å². The standard InChI is InChI=1S/C28H45ClFN3O3/c1-20(31)25(18-21-10-4-3-5-11-21)32-27(34)33-16-9-12-22(19-33)28(35,15-6-7-17-36-2)23-13-8-14-24(29)26(23)30/h8,13-14,20-22,25,35H,3-7,9-12,15-19,31H2,1-2H3,(H,32,34)/t20-,22?,25+,28+/m1/s1. The number of hydrogen-bond donors (Lipinski definition) is 3. The van der Waals surface area contributed by atoms with Gasteiger partial charge in [-0.15, -0.1) is 0 Å². The van der Waals surface area contributed by atoms with Crippen molar-refractivity contribution in [3.63, 3.8) is 0 Å². The van der Waals surface area contributed by atoms with Gasteiger partial charge in [0.1, 0.15) is 5.82 Å². The first kappa shape index (κ1) is 29.2. The van der Waals surface area contributed by atoms with Crippen LogP contribution in [0, 0.1) is 17.7 Å². The number of nitrogens with two attached hydrogens (primary N) is 1. The van der Waals surface area contributed by atoms with Crippen molar-refractivity contribution >= 4 is 17.6 Å². The molecule has 1 unspecified atom stereocenters. The molecule has 204 valence electrons. The topological polar surface area (TPSA) is 87.8 Å². The zero-order valence-corrected chi connectivity index (χ0v) is 22.7. The molecule has 1 aliphatic heterocycles. The Hall–Kier alpha value is -1.41. The van der Waals surface area contributed by atoms with Crippen molar-refractivity contribution in [1.29, 1.82) is 0 Å². The van der Waals surface area contributed by atoms with Crippen molar-refractivity contribution in [2.45, 2.75) is 95.2 Å². The number of carbonyl (C=O) groups is 1. The molecule has 6 nitrogen and oxygen atoms in total. The van der Waals surface area contributed by atoms with Gasteiger partial charge in [0.05, 0.1) is 10.6 Å². The molecule has 3 rings (SSSR count). The number of urea groups is 1. The average molecular weight is 526 g/mol. The molecule has 2 amide bonds. The number of unbranched alkanes of at least 4 members (excludes halogenated alkanes) is 1. The zero-order chi connectivity index (χ0) is 26.1. The summed E-state index contributed by atoms with van der Waals surface area (Å²) >= 11 is 6.10. The van der Waals surface area contributed by atoms with Crippen LogP contribution < -0.4 is 11.1 Å². The van der Waals surface area contributed by atoms with Crippen LogP contribution in [-0.4, -0.2) is 54.9 Å². The molecule has 0 spiro atoms. The Morgan fingerprint density at radius 1 is 1.28 bits per heavy atom. The summed E-state index contributed by atoms with van der Waals surface area (Å²) in [6, 6.07) is 4.41. The van der Waals surface area contributed by atoms with Crippen LogP contribution in [0.1, 0.15) is 83.1 Å². The molecule has 0 radical (unpaired) electrons. The van der Waals surface area contributed by atoms with Crippen LogP contribution in [0.25, 0.3) is 0 Å². The summed E-state index contributed by atoms with van der Waals surface area (Å²) in [5.74, 6) is -0.286. The van der Waals surface area contributed by atoms with Crippen LogP contribution >= 0.6 is 11.6 Å². The number of amides is 2. The van der Waals surface area contributed by atoms with Crippen molar-refractivity contribution in [3.8, 4) is 0 Å². The molecule has 36 heavy (non-hydrogen) atoms. The number of piperidine rings is 1. The van der Waals surface area contributed by atoms with E-state index < -0.39 is 11.4 Å². The second-order valence-electron chi connectivity index (χ2n) is 10.9. The van der Waals surface area contributed by atoms with Gasteiger partial charge in [-0.1, -0.05) is 55.8 Å². The number of nitrogens with zero attached hydrogens (tertiary/aromatic N) is 1. The number of likely N-dealkylation sites (tertiary alicyclic amines) is 1. The van der Waals surface area contributed by atoms with E-state index in [2.05, 4.69) is 5.32 Å². The summed E-state index contributed by atoms with van der Waals surface area (Å²) in [4.78, 5) is 15.1. The molecule has 1 heterocycles. The van der Waals surface area contributed by atoms with E-state index in [0.717, 1.165) is 19.3 Å². The van der Waals surface area contributed by atoms with E-state index in [4.69, 9.17) is 22.1 Å². The molecule has 1 aromatic rings. The smallest absolute Gasteiger partial charge is 0.317 e. The lowest BCUT2D eigenvalue weighted by Crippen LogP contribution is -2.55. The number of benzene rings is 1. The third kappa shape index (κ3) is 7.56. The maximum Gasteiger partial charge on any atom is 0.317 e. The van der Waals surface area contributed by atoms with Gasteiger partial charge in [0, 0.05) is 50.4 Å². The van der Waals surface area contributed by atoms with E-state index in [0.29, 0.717) is 44.9 Å². The van der Waals surface area contributed by atoms with Crippen LogP contribution in [0.2, 0.25) is 5.02 Å². The first-order chi connectivity index (χ1) is 17.3. The summed E-state index contributed by atoms with van der Waals surface area (Å²) in [7, 11) is 1.64. The minimum atomic E-state index is -1.43. The number of aliphatic hydroxyl groups is 1. The lowest BCUT2D eigenvalue weighted by molar-refractivity contribution is -0.0588. The first-order valence-electron chi connectivity index (χ1n) is 13.7. The van der Waals surface area contributed by atoms with E-state index in [1.165, 1.54) is 38.2 Å². The highest BCUT2D eigenvalue weighted by Crippen LogP contribution is 2.42. The van der Waals surface area contributed by atoms with E-state index in [1.807, 2.05) is 6.92 Å². The van der Waals surface area contributed by atoms with Crippen LogP contribution in [0.3, 0.4) is 0 Å². The van der Waals surface area contributed by atoms with E-state index in [1.54, 1.807) is 24.1 Å². The number of halogens is 2. The normalized spacial score (nSPS) is 22.6. The molecule has 1 saturated heterocycles. The van der Waals surface area contributed by atoms with Gasteiger partial charge in [-0.05, 0) is 57.4 Å². The molecule has 4 N–H and O–H groups in total. The number of rotatable bonds is 11. The summed E-state index contributed by atoms with van der Waals surface area (Å²) in [5.41, 5.74) is 5.06. The Morgan fingerprint density at radius 2 is 2.03 bits per heavy atom. The molecule has 4 atom stereocenters. The Morgan fingerprint density at radius 3 is 2.72 bits per heavy atom. The van der Waals surface area contributed by atoms with Crippen LogP contribution in [0.5, 0.6) is 0 Å². The zero-order valence-electron chi connectivity index (χ0n) is 22.0. The highest BCUT2D eigenvalue weighted by molar-refractivity contribution is 6.30. The van der Waals surface area contributed by atoms with Crippen molar-refractivity contribution in [3.05, 3.63) is 34.6 Å². The third-order valence-electron chi connectivity index (χ3n) is 8.21. The highest BCUT2D eigenvalue weighted by atomic mass is 35.5. The molecule has 0 bridgehead atoms. The molecule has 1 aliphatic carbocycles. The van der Waals surface area contributed by atoms with E-state index in [9.17, 15) is 9.90 Å². The minimum absolute atomic E-state index is 0.00397. The average Bonchev–Trinajstić information content (AvgIpc) is 2.88. The van der Waals surface area contributed by atoms with E-state index in [-0.39, 0.29) is 34.6 Å². The van der Waals surface area contributed by atoms with Crippen molar-refractivity contribution in [2.75, 3.05) is 26.8 Å². The Bertz CT molecular complexity index is 836. The second kappa shape index (κ2) is 13.9. The van der Waals surface area contributed by atoms with Gasteiger partial charge in [-0.3, -0.25) is 0 Å².